The van der Waals surface area contributed by atoms with Crippen LogP contribution in [0.1, 0.15) is 45.0 Å². The fourth-order valence-electron chi connectivity index (χ4n) is 2.77. The monoisotopic (exact) mass is 422 g/mol. The fraction of sp³-hybridized carbons (Fsp3) is 0.474. The minimum absolute atomic E-state index is 0.100. The Labute approximate surface area is 173 Å². The van der Waals surface area contributed by atoms with E-state index in [4.69, 9.17) is 9.47 Å². The number of hydrogen-bond acceptors (Lipinski definition) is 8. The van der Waals surface area contributed by atoms with Gasteiger partial charge in [-0.2, -0.15) is 5.10 Å². The van der Waals surface area contributed by atoms with E-state index in [0.29, 0.717) is 12.1 Å². The van der Waals surface area contributed by atoms with E-state index in [9.17, 15) is 14.4 Å². The van der Waals surface area contributed by atoms with Crippen LogP contribution in [0.3, 0.4) is 0 Å². The highest BCUT2D eigenvalue weighted by Gasteiger charge is 2.27. The third kappa shape index (κ3) is 5.88. The van der Waals surface area contributed by atoms with Crippen LogP contribution in [-0.2, 0) is 27.9 Å². The highest BCUT2D eigenvalue weighted by atomic mass is 32.1. The van der Waals surface area contributed by atoms with Crippen molar-refractivity contribution in [3.05, 3.63) is 34.0 Å². The lowest BCUT2D eigenvalue weighted by molar-refractivity contribution is -0.117. The number of carbonyl (C=O) groups excluding carboxylic acids is 3. The van der Waals surface area contributed by atoms with Gasteiger partial charge in [-0.3, -0.25) is 14.4 Å². The highest BCUT2D eigenvalue weighted by molar-refractivity contribution is 7.18. The molecular formula is C19H26N4O5S. The standard InChI is InChI=1S/C19H26N4O5S/c1-6-27-18(25)15-12(3)16(19(26)28-7-2)29-17(15)21-14(24)11-22(4)9-13-8-20-23(5)10-13/h8,10H,6-7,9,11H2,1-5H3,(H,21,24). The van der Waals surface area contributed by atoms with E-state index in [2.05, 4.69) is 10.4 Å². The van der Waals surface area contributed by atoms with Crippen molar-refractivity contribution in [2.24, 2.45) is 7.05 Å². The molecule has 0 aliphatic carbocycles. The Morgan fingerprint density at radius 2 is 1.86 bits per heavy atom. The summed E-state index contributed by atoms with van der Waals surface area (Å²) in [6, 6.07) is 0. The zero-order chi connectivity index (χ0) is 21.6. The molecule has 2 heterocycles. The Bertz CT molecular complexity index is 889. The molecule has 158 valence electrons. The van der Waals surface area contributed by atoms with Crippen molar-refractivity contribution >= 4 is 34.2 Å². The van der Waals surface area contributed by atoms with Crippen LogP contribution in [0.2, 0.25) is 0 Å². The van der Waals surface area contributed by atoms with Crippen LogP contribution < -0.4 is 5.32 Å². The smallest absolute Gasteiger partial charge is 0.348 e. The number of anilines is 1. The molecule has 0 saturated carbocycles. The fourth-order valence-corrected chi connectivity index (χ4v) is 3.88. The number of nitrogens with zero attached hydrogens (tertiary/aromatic N) is 3. The van der Waals surface area contributed by atoms with Crippen LogP contribution in [0, 0.1) is 6.92 Å². The number of esters is 2. The molecule has 0 unspecified atom stereocenters. The minimum Gasteiger partial charge on any atom is -0.462 e. The van der Waals surface area contributed by atoms with Gasteiger partial charge in [0.1, 0.15) is 9.88 Å². The van der Waals surface area contributed by atoms with Gasteiger partial charge in [-0.1, -0.05) is 0 Å². The maximum absolute atomic E-state index is 12.5. The molecule has 2 aromatic heterocycles. The number of hydrogen-bond donors (Lipinski definition) is 1. The topological polar surface area (TPSA) is 103 Å². The van der Waals surface area contributed by atoms with Crippen molar-refractivity contribution in [1.29, 1.82) is 0 Å². The average Bonchev–Trinajstić information content (AvgIpc) is 3.18. The van der Waals surface area contributed by atoms with Crippen LogP contribution in [0.15, 0.2) is 12.4 Å². The van der Waals surface area contributed by atoms with Gasteiger partial charge < -0.3 is 14.8 Å². The Kier molecular flexibility index (Phi) is 7.91. The van der Waals surface area contributed by atoms with E-state index < -0.39 is 11.9 Å². The van der Waals surface area contributed by atoms with Gasteiger partial charge in [0.25, 0.3) is 0 Å². The molecule has 0 fully saturated rings. The summed E-state index contributed by atoms with van der Waals surface area (Å²) in [7, 11) is 3.63. The molecule has 0 bridgehead atoms. The van der Waals surface area contributed by atoms with Gasteiger partial charge in [0.2, 0.25) is 5.91 Å². The molecule has 2 aromatic rings. The zero-order valence-electron chi connectivity index (χ0n) is 17.3. The first-order valence-corrected chi connectivity index (χ1v) is 10.0. The Hall–Kier alpha value is -2.72. The van der Waals surface area contributed by atoms with Gasteiger partial charge in [0, 0.05) is 25.4 Å². The maximum Gasteiger partial charge on any atom is 0.348 e. The Morgan fingerprint density at radius 1 is 1.21 bits per heavy atom. The molecule has 0 aliphatic heterocycles. The predicted octanol–water partition coefficient (Wildman–Crippen LogP) is 2.21. The van der Waals surface area contributed by atoms with E-state index in [1.54, 1.807) is 31.6 Å². The van der Waals surface area contributed by atoms with Crippen molar-refractivity contribution in [1.82, 2.24) is 14.7 Å². The van der Waals surface area contributed by atoms with E-state index in [-0.39, 0.29) is 41.1 Å². The number of aromatic nitrogens is 2. The van der Waals surface area contributed by atoms with Gasteiger partial charge >= 0.3 is 11.9 Å². The van der Waals surface area contributed by atoms with E-state index in [0.717, 1.165) is 16.9 Å². The van der Waals surface area contributed by atoms with Gasteiger partial charge in [0.15, 0.2) is 0 Å². The van der Waals surface area contributed by atoms with Crippen LogP contribution >= 0.6 is 11.3 Å². The second-order valence-electron chi connectivity index (χ2n) is 6.44. The number of likely N-dealkylation sites (N-methyl/N-ethyl adjacent to an activating group) is 1. The quantitative estimate of drug-likeness (QED) is 0.618. The lowest BCUT2D eigenvalue weighted by Crippen LogP contribution is -2.30. The van der Waals surface area contributed by atoms with Crippen molar-refractivity contribution in [2.75, 3.05) is 32.1 Å². The molecule has 0 spiro atoms. The van der Waals surface area contributed by atoms with Gasteiger partial charge in [-0.05, 0) is 33.4 Å². The SMILES string of the molecule is CCOC(=O)c1sc(NC(=O)CN(C)Cc2cnn(C)c2)c(C(=O)OCC)c1C. The molecule has 9 nitrogen and oxygen atoms in total. The molecular weight excluding hydrogens is 396 g/mol. The van der Waals surface area contributed by atoms with Crippen LogP contribution in [0.25, 0.3) is 0 Å². The minimum atomic E-state index is -0.587. The lowest BCUT2D eigenvalue weighted by Gasteiger charge is -2.15. The number of carbonyl (C=O) groups is 3. The van der Waals surface area contributed by atoms with E-state index in [1.165, 1.54) is 0 Å². The molecule has 29 heavy (non-hydrogen) atoms. The van der Waals surface area contributed by atoms with Gasteiger partial charge in [-0.15, -0.1) is 11.3 Å². The van der Waals surface area contributed by atoms with Crippen LogP contribution in [-0.4, -0.2) is 59.3 Å². The molecule has 1 N–H and O–H groups in total. The number of nitrogens with one attached hydrogen (secondary N) is 1. The molecule has 10 heteroatoms. The van der Waals surface area contributed by atoms with E-state index in [1.807, 2.05) is 25.2 Å². The highest BCUT2D eigenvalue weighted by Crippen LogP contribution is 2.34. The average molecular weight is 423 g/mol. The largest absolute Gasteiger partial charge is 0.462 e. The Morgan fingerprint density at radius 3 is 2.45 bits per heavy atom. The summed E-state index contributed by atoms with van der Waals surface area (Å²) in [6.07, 6.45) is 3.61. The van der Waals surface area contributed by atoms with Crippen molar-refractivity contribution in [3.63, 3.8) is 0 Å². The second-order valence-corrected chi connectivity index (χ2v) is 7.46. The third-order valence-corrected chi connectivity index (χ3v) is 5.15. The summed E-state index contributed by atoms with van der Waals surface area (Å²) >= 11 is 1.01. The summed E-state index contributed by atoms with van der Waals surface area (Å²) in [6.45, 7) is 6.08. The zero-order valence-corrected chi connectivity index (χ0v) is 18.1. The second kappa shape index (κ2) is 10.2. The molecule has 1 amide bonds. The van der Waals surface area contributed by atoms with Crippen molar-refractivity contribution in [2.45, 2.75) is 27.3 Å². The Balaban J connectivity index is 2.16. The number of amides is 1. The summed E-state index contributed by atoms with van der Waals surface area (Å²) in [4.78, 5) is 39.2. The summed E-state index contributed by atoms with van der Waals surface area (Å²) in [5.74, 6) is -1.43. The first kappa shape index (κ1) is 22.6. The predicted molar refractivity (Wildman–Crippen MR) is 109 cm³/mol. The number of ether oxygens (including phenoxy) is 2. The molecule has 0 radical (unpaired) electrons. The molecule has 0 saturated heterocycles. The number of thiophene rings is 1. The summed E-state index contributed by atoms with van der Waals surface area (Å²) in [5, 5.41) is 7.12. The number of aryl methyl sites for hydroxylation is 1. The van der Waals surface area contributed by atoms with Gasteiger partial charge in [0.05, 0.1) is 31.5 Å². The number of rotatable bonds is 9. The molecule has 0 aliphatic rings. The third-order valence-electron chi connectivity index (χ3n) is 3.96. The van der Waals surface area contributed by atoms with Gasteiger partial charge in [-0.25, -0.2) is 9.59 Å². The molecule has 0 aromatic carbocycles. The summed E-state index contributed by atoms with van der Waals surface area (Å²) in [5.41, 5.74) is 1.60. The molecule has 2 rings (SSSR count). The first-order valence-electron chi connectivity index (χ1n) is 9.20. The first-order chi connectivity index (χ1) is 13.8. The van der Waals surface area contributed by atoms with E-state index >= 15 is 0 Å². The summed E-state index contributed by atoms with van der Waals surface area (Å²) < 4.78 is 11.8. The van der Waals surface area contributed by atoms with Crippen molar-refractivity contribution in [3.8, 4) is 0 Å². The normalized spacial score (nSPS) is 10.8. The lowest BCUT2D eigenvalue weighted by atomic mass is 10.1. The van der Waals surface area contributed by atoms with Crippen molar-refractivity contribution < 1.29 is 23.9 Å². The molecule has 0 atom stereocenters. The van der Waals surface area contributed by atoms with Crippen LogP contribution in [0.4, 0.5) is 5.00 Å². The maximum atomic E-state index is 12.5. The van der Waals surface area contributed by atoms with Crippen LogP contribution in [0.5, 0.6) is 0 Å².